The van der Waals surface area contributed by atoms with Gasteiger partial charge in [-0.1, -0.05) is 0 Å². The summed E-state index contributed by atoms with van der Waals surface area (Å²) in [5.74, 6) is -3.01. The summed E-state index contributed by atoms with van der Waals surface area (Å²) in [6.07, 6.45) is -0.215. The SMILES string of the molecule is O=C1CC(CS(=O)(=O)F)CN1c1cc(F)cc([N+](=O)[O-])c1. The van der Waals surface area contributed by atoms with E-state index in [1.165, 1.54) is 0 Å². The minimum atomic E-state index is -4.73. The van der Waals surface area contributed by atoms with Gasteiger partial charge in [0, 0.05) is 24.9 Å². The Hall–Kier alpha value is -2.10. The van der Waals surface area contributed by atoms with E-state index >= 15 is 0 Å². The number of halogens is 2. The first-order chi connectivity index (χ1) is 9.65. The number of amides is 1. The monoisotopic (exact) mass is 320 g/mol. The standard InChI is InChI=1S/C11H10F2N2O5S/c12-8-2-9(4-10(3-8)15(17)18)14-5-7(1-11(14)16)6-21(13,19)20/h2-4,7H,1,5-6H2. The number of anilines is 1. The van der Waals surface area contributed by atoms with Crippen LogP contribution >= 0.6 is 0 Å². The van der Waals surface area contributed by atoms with E-state index in [1.807, 2.05) is 0 Å². The molecule has 21 heavy (non-hydrogen) atoms. The van der Waals surface area contributed by atoms with Crippen molar-refractivity contribution in [3.8, 4) is 0 Å². The molecule has 0 aliphatic carbocycles. The molecule has 7 nitrogen and oxygen atoms in total. The van der Waals surface area contributed by atoms with Crippen molar-refractivity contribution in [2.45, 2.75) is 6.42 Å². The minimum Gasteiger partial charge on any atom is -0.312 e. The lowest BCUT2D eigenvalue weighted by Crippen LogP contribution is -2.25. The molecule has 1 aliphatic heterocycles. The zero-order valence-corrected chi connectivity index (χ0v) is 11.3. The number of carbonyl (C=O) groups is 1. The van der Waals surface area contributed by atoms with Crippen molar-refractivity contribution in [2.24, 2.45) is 5.92 Å². The highest BCUT2D eigenvalue weighted by atomic mass is 32.3. The zero-order chi connectivity index (χ0) is 15.8. The highest BCUT2D eigenvalue weighted by molar-refractivity contribution is 7.86. The van der Waals surface area contributed by atoms with Crippen LogP contribution in [0.4, 0.5) is 19.7 Å². The Morgan fingerprint density at radius 3 is 2.62 bits per heavy atom. The molecule has 0 radical (unpaired) electrons. The molecule has 0 aromatic heterocycles. The van der Waals surface area contributed by atoms with Crippen LogP contribution in [-0.4, -0.2) is 31.5 Å². The fraction of sp³-hybridized carbons (Fsp3) is 0.364. The zero-order valence-electron chi connectivity index (χ0n) is 10.5. The Bertz CT molecular complexity index is 707. The van der Waals surface area contributed by atoms with Crippen LogP contribution in [0.25, 0.3) is 0 Å². The molecular formula is C11H10F2N2O5S. The highest BCUT2D eigenvalue weighted by Gasteiger charge is 2.34. The van der Waals surface area contributed by atoms with Gasteiger partial charge in [-0.25, -0.2) is 4.39 Å². The Morgan fingerprint density at radius 2 is 2.05 bits per heavy atom. The second-order valence-corrected chi connectivity index (χ2v) is 6.12. The van der Waals surface area contributed by atoms with E-state index < -0.39 is 44.2 Å². The number of nitro groups is 1. The number of nitrogens with zero attached hydrogens (tertiary/aromatic N) is 2. The van der Waals surface area contributed by atoms with Crippen molar-refractivity contribution in [3.05, 3.63) is 34.1 Å². The number of hydrogen-bond acceptors (Lipinski definition) is 5. The summed E-state index contributed by atoms with van der Waals surface area (Å²) in [6, 6.07) is 2.64. The maximum Gasteiger partial charge on any atom is 0.302 e. The molecule has 0 spiro atoms. The molecule has 1 unspecified atom stereocenters. The first-order valence-electron chi connectivity index (χ1n) is 5.83. The second kappa shape index (κ2) is 5.35. The summed E-state index contributed by atoms with van der Waals surface area (Å²) in [6.45, 7) is -0.136. The third-order valence-corrected chi connectivity index (χ3v) is 3.90. The molecule has 1 aliphatic rings. The summed E-state index contributed by atoms with van der Waals surface area (Å²) in [7, 11) is -4.73. The Morgan fingerprint density at radius 1 is 1.38 bits per heavy atom. The van der Waals surface area contributed by atoms with E-state index in [0.717, 1.165) is 17.0 Å². The lowest BCUT2D eigenvalue weighted by Gasteiger charge is -2.16. The fourth-order valence-electron chi connectivity index (χ4n) is 2.24. The van der Waals surface area contributed by atoms with E-state index in [9.17, 15) is 31.6 Å². The van der Waals surface area contributed by atoms with E-state index in [0.29, 0.717) is 6.07 Å². The number of benzene rings is 1. The molecule has 2 rings (SSSR count). The first-order valence-corrected chi connectivity index (χ1v) is 7.38. The number of hydrogen-bond donors (Lipinski definition) is 0. The maximum atomic E-state index is 13.3. The van der Waals surface area contributed by atoms with E-state index in [4.69, 9.17) is 0 Å². The van der Waals surface area contributed by atoms with Gasteiger partial charge in [-0.05, 0) is 6.07 Å². The number of carbonyl (C=O) groups excluding carboxylic acids is 1. The van der Waals surface area contributed by atoms with Crippen molar-refractivity contribution in [2.75, 3.05) is 17.2 Å². The maximum absolute atomic E-state index is 13.3. The molecule has 10 heteroatoms. The Balaban J connectivity index is 2.27. The fourth-order valence-corrected chi connectivity index (χ4v) is 3.03. The lowest BCUT2D eigenvalue weighted by molar-refractivity contribution is -0.385. The average Bonchev–Trinajstić information content (AvgIpc) is 2.66. The number of nitro benzene ring substituents is 1. The average molecular weight is 320 g/mol. The summed E-state index contributed by atoms with van der Waals surface area (Å²) < 4.78 is 47.1. The van der Waals surface area contributed by atoms with Crippen LogP contribution in [-0.2, 0) is 15.0 Å². The van der Waals surface area contributed by atoms with E-state index in [2.05, 4.69) is 0 Å². The molecule has 1 amide bonds. The summed E-state index contributed by atoms with van der Waals surface area (Å²) in [4.78, 5) is 22.7. The highest BCUT2D eigenvalue weighted by Crippen LogP contribution is 2.29. The third kappa shape index (κ3) is 3.72. The largest absolute Gasteiger partial charge is 0.312 e. The van der Waals surface area contributed by atoms with Gasteiger partial charge in [-0.2, -0.15) is 8.42 Å². The third-order valence-electron chi connectivity index (χ3n) is 3.03. The predicted molar refractivity (Wildman–Crippen MR) is 68.4 cm³/mol. The topological polar surface area (TPSA) is 97.6 Å². The molecule has 0 N–H and O–H groups in total. The summed E-state index contributed by atoms with van der Waals surface area (Å²) in [5.41, 5.74) is -0.579. The minimum absolute atomic E-state index is 0.0505. The molecule has 1 aromatic carbocycles. The van der Waals surface area contributed by atoms with Crippen molar-refractivity contribution in [3.63, 3.8) is 0 Å². The van der Waals surface area contributed by atoms with E-state index in [1.54, 1.807) is 0 Å². The molecule has 1 fully saturated rings. The van der Waals surface area contributed by atoms with Crippen LogP contribution in [0.5, 0.6) is 0 Å². The van der Waals surface area contributed by atoms with Gasteiger partial charge < -0.3 is 4.90 Å². The second-order valence-electron chi connectivity index (χ2n) is 4.70. The molecule has 1 heterocycles. The molecule has 1 atom stereocenters. The van der Waals surface area contributed by atoms with Gasteiger partial charge in [0.1, 0.15) is 5.82 Å². The van der Waals surface area contributed by atoms with Crippen LogP contribution in [0.15, 0.2) is 18.2 Å². The summed E-state index contributed by atoms with van der Waals surface area (Å²) >= 11 is 0. The number of rotatable bonds is 4. The van der Waals surface area contributed by atoms with Crippen LogP contribution < -0.4 is 4.90 Å². The molecule has 0 saturated carbocycles. The van der Waals surface area contributed by atoms with Gasteiger partial charge in [-0.15, -0.1) is 3.89 Å². The van der Waals surface area contributed by atoms with Gasteiger partial charge in [0.05, 0.1) is 22.4 Å². The molecule has 114 valence electrons. The Labute approximate surface area is 118 Å². The lowest BCUT2D eigenvalue weighted by atomic mass is 10.1. The van der Waals surface area contributed by atoms with Crippen LogP contribution in [0.2, 0.25) is 0 Å². The molecule has 1 aromatic rings. The molecule has 0 bridgehead atoms. The molecule has 1 saturated heterocycles. The van der Waals surface area contributed by atoms with Crippen LogP contribution in [0.3, 0.4) is 0 Å². The van der Waals surface area contributed by atoms with Crippen molar-refractivity contribution in [1.82, 2.24) is 0 Å². The Kier molecular flexibility index (Phi) is 3.90. The molecular weight excluding hydrogens is 310 g/mol. The van der Waals surface area contributed by atoms with Gasteiger partial charge in [0.25, 0.3) is 5.69 Å². The summed E-state index contributed by atoms with van der Waals surface area (Å²) in [5, 5.41) is 10.7. The quantitative estimate of drug-likeness (QED) is 0.474. The van der Waals surface area contributed by atoms with E-state index in [-0.39, 0.29) is 18.7 Å². The normalized spacial score (nSPS) is 19.0. The van der Waals surface area contributed by atoms with Crippen molar-refractivity contribution < 1.29 is 26.4 Å². The van der Waals surface area contributed by atoms with Crippen LogP contribution in [0.1, 0.15) is 6.42 Å². The first kappa shape index (κ1) is 15.3. The predicted octanol–water partition coefficient (Wildman–Crippen LogP) is 1.39. The van der Waals surface area contributed by atoms with Gasteiger partial charge >= 0.3 is 10.2 Å². The van der Waals surface area contributed by atoms with Gasteiger partial charge in [0.2, 0.25) is 5.91 Å². The smallest absolute Gasteiger partial charge is 0.302 e. The van der Waals surface area contributed by atoms with Crippen LogP contribution in [0, 0.1) is 21.8 Å². The van der Waals surface area contributed by atoms with Crippen molar-refractivity contribution >= 4 is 27.5 Å². The van der Waals surface area contributed by atoms with Gasteiger partial charge in [-0.3, -0.25) is 14.9 Å². The number of non-ortho nitro benzene ring substituents is 1. The van der Waals surface area contributed by atoms with Crippen molar-refractivity contribution in [1.29, 1.82) is 0 Å². The van der Waals surface area contributed by atoms with Gasteiger partial charge in [0.15, 0.2) is 0 Å².